The van der Waals surface area contributed by atoms with Crippen LogP contribution in [0.15, 0.2) is 59.4 Å². The number of hydrogen-bond donors (Lipinski definition) is 0. The molecule has 0 radical (unpaired) electrons. The van der Waals surface area contributed by atoms with Crippen molar-refractivity contribution in [1.82, 2.24) is 9.36 Å². The van der Waals surface area contributed by atoms with Crippen LogP contribution in [0.3, 0.4) is 0 Å². The van der Waals surface area contributed by atoms with Gasteiger partial charge in [0.2, 0.25) is 6.41 Å². The topological polar surface area (TPSA) is 47.2 Å². The molecule has 3 rings (SSSR count). The highest BCUT2D eigenvalue weighted by Crippen LogP contribution is 2.29. The molecule has 1 aromatic heterocycles. The first-order chi connectivity index (χ1) is 11.6. The summed E-state index contributed by atoms with van der Waals surface area (Å²) in [6.07, 6.45) is 0.691. The summed E-state index contributed by atoms with van der Waals surface area (Å²) in [7, 11) is 1.81. The first-order valence-electron chi connectivity index (χ1n) is 7.39. The van der Waals surface area contributed by atoms with Crippen LogP contribution in [0.1, 0.15) is 5.69 Å². The van der Waals surface area contributed by atoms with Gasteiger partial charge in [-0.15, -0.1) is 0 Å². The van der Waals surface area contributed by atoms with Gasteiger partial charge in [0.1, 0.15) is 5.69 Å². The maximum absolute atomic E-state index is 13.0. The minimum absolute atomic E-state index is 0.229. The molecule has 0 atom stereocenters. The molecule has 122 valence electrons. The van der Waals surface area contributed by atoms with E-state index < -0.39 is 0 Å². The fourth-order valence-corrected chi connectivity index (χ4v) is 3.36. The Labute approximate surface area is 153 Å². The van der Waals surface area contributed by atoms with Gasteiger partial charge < -0.3 is 0 Å². The molecular formula is C18H16IN3O2. The molecule has 0 saturated heterocycles. The molecule has 5 nitrogen and oxygen atoms in total. The number of amides is 1. The molecule has 0 spiro atoms. The Morgan fingerprint density at radius 3 is 2.29 bits per heavy atom. The summed E-state index contributed by atoms with van der Waals surface area (Å²) >= 11 is 2.16. The van der Waals surface area contributed by atoms with Crippen LogP contribution in [0.5, 0.6) is 0 Å². The van der Waals surface area contributed by atoms with Gasteiger partial charge in [-0.1, -0.05) is 30.3 Å². The number of hydrogen-bond acceptors (Lipinski definition) is 2. The number of rotatable bonds is 4. The minimum atomic E-state index is -0.229. The zero-order valence-electron chi connectivity index (χ0n) is 13.3. The SMILES string of the molecule is Cc1c(N(C=O)c2ccccc2I)c(=O)n(-c2ccccc2)n1C. The monoisotopic (exact) mass is 433 g/mol. The summed E-state index contributed by atoms with van der Waals surface area (Å²) in [5.74, 6) is 0. The predicted octanol–water partition coefficient (Wildman–Crippen LogP) is 3.38. The molecule has 6 heteroatoms. The van der Waals surface area contributed by atoms with E-state index in [0.717, 1.165) is 15.0 Å². The van der Waals surface area contributed by atoms with Gasteiger partial charge in [0.05, 0.1) is 17.1 Å². The molecular weight excluding hydrogens is 417 g/mol. The Morgan fingerprint density at radius 2 is 1.67 bits per heavy atom. The molecule has 0 unspecified atom stereocenters. The van der Waals surface area contributed by atoms with Crippen molar-refractivity contribution >= 4 is 40.4 Å². The molecule has 1 amide bonds. The van der Waals surface area contributed by atoms with E-state index in [2.05, 4.69) is 22.6 Å². The van der Waals surface area contributed by atoms with Gasteiger partial charge >= 0.3 is 0 Å². The van der Waals surface area contributed by atoms with Crippen LogP contribution in [0.2, 0.25) is 0 Å². The number of aromatic nitrogens is 2. The lowest BCUT2D eigenvalue weighted by atomic mass is 10.2. The molecule has 0 aliphatic rings. The van der Waals surface area contributed by atoms with E-state index in [0.29, 0.717) is 17.8 Å². The highest BCUT2D eigenvalue weighted by molar-refractivity contribution is 14.1. The van der Waals surface area contributed by atoms with Crippen LogP contribution in [0, 0.1) is 10.5 Å². The molecule has 0 N–H and O–H groups in total. The van der Waals surface area contributed by atoms with E-state index in [1.165, 1.54) is 4.90 Å². The van der Waals surface area contributed by atoms with Crippen LogP contribution < -0.4 is 10.5 Å². The standard InChI is InChI=1S/C18H16IN3O2/c1-13-17(21(12-23)16-11-7-6-10-15(16)19)18(24)22(20(13)2)14-8-4-3-5-9-14/h3-12H,1-2H3. The van der Waals surface area contributed by atoms with Crippen LogP contribution >= 0.6 is 22.6 Å². The lowest BCUT2D eigenvalue weighted by Gasteiger charge is -2.17. The number of para-hydroxylation sites is 2. The second-order valence-electron chi connectivity index (χ2n) is 5.34. The third-order valence-corrected chi connectivity index (χ3v) is 4.89. The summed E-state index contributed by atoms with van der Waals surface area (Å²) in [5, 5.41) is 0. The Balaban J connectivity index is 2.24. The molecule has 0 fully saturated rings. The van der Waals surface area contributed by atoms with E-state index in [9.17, 15) is 9.59 Å². The second-order valence-corrected chi connectivity index (χ2v) is 6.50. The van der Waals surface area contributed by atoms with Crippen LogP contribution in [-0.2, 0) is 11.8 Å². The van der Waals surface area contributed by atoms with Crippen molar-refractivity contribution in [2.24, 2.45) is 7.05 Å². The number of nitrogens with zero attached hydrogens (tertiary/aromatic N) is 3. The average molecular weight is 433 g/mol. The van der Waals surface area contributed by atoms with Gasteiger partial charge in [-0.25, -0.2) is 4.68 Å². The fraction of sp³-hybridized carbons (Fsp3) is 0.111. The smallest absolute Gasteiger partial charge is 0.283 e. The summed E-state index contributed by atoms with van der Waals surface area (Å²) in [5.41, 5.74) is 2.30. The summed E-state index contributed by atoms with van der Waals surface area (Å²) in [6, 6.07) is 16.9. The highest BCUT2D eigenvalue weighted by atomic mass is 127. The third-order valence-electron chi connectivity index (χ3n) is 3.98. The molecule has 2 aromatic carbocycles. The van der Waals surface area contributed by atoms with Crippen molar-refractivity contribution in [3.8, 4) is 5.69 Å². The molecule has 3 aromatic rings. The summed E-state index contributed by atoms with van der Waals surface area (Å²) < 4.78 is 4.23. The maximum Gasteiger partial charge on any atom is 0.296 e. The zero-order chi connectivity index (χ0) is 17.3. The van der Waals surface area contributed by atoms with Gasteiger partial charge in [-0.05, 0) is 53.8 Å². The van der Waals surface area contributed by atoms with E-state index in [1.54, 1.807) is 9.36 Å². The highest BCUT2D eigenvalue weighted by Gasteiger charge is 2.23. The van der Waals surface area contributed by atoms with Gasteiger partial charge in [0.25, 0.3) is 5.56 Å². The third kappa shape index (κ3) is 2.66. The zero-order valence-corrected chi connectivity index (χ0v) is 15.5. The van der Waals surface area contributed by atoms with Gasteiger partial charge in [-0.3, -0.25) is 19.2 Å². The molecule has 24 heavy (non-hydrogen) atoms. The van der Waals surface area contributed by atoms with Crippen molar-refractivity contribution in [3.63, 3.8) is 0 Å². The number of benzene rings is 2. The molecule has 0 aliphatic carbocycles. The lowest BCUT2D eigenvalue weighted by molar-refractivity contribution is -0.106. The van der Waals surface area contributed by atoms with E-state index in [1.807, 2.05) is 68.6 Å². The van der Waals surface area contributed by atoms with Gasteiger partial charge in [0.15, 0.2) is 0 Å². The molecule has 0 aliphatic heterocycles. The second kappa shape index (κ2) is 6.64. The Bertz CT molecular complexity index is 945. The van der Waals surface area contributed by atoms with Crippen LogP contribution in [-0.4, -0.2) is 15.8 Å². The first-order valence-corrected chi connectivity index (χ1v) is 8.47. The van der Waals surface area contributed by atoms with Crippen LogP contribution in [0.4, 0.5) is 11.4 Å². The van der Waals surface area contributed by atoms with E-state index >= 15 is 0 Å². The van der Waals surface area contributed by atoms with Crippen molar-refractivity contribution < 1.29 is 4.79 Å². The van der Waals surface area contributed by atoms with E-state index in [-0.39, 0.29) is 5.56 Å². The normalized spacial score (nSPS) is 10.6. The van der Waals surface area contributed by atoms with Crippen molar-refractivity contribution in [2.75, 3.05) is 4.90 Å². The number of anilines is 2. The maximum atomic E-state index is 13.0. The number of carbonyl (C=O) groups excluding carboxylic acids is 1. The Hall–Kier alpha value is -2.35. The van der Waals surface area contributed by atoms with Gasteiger partial charge in [0, 0.05) is 10.6 Å². The molecule has 1 heterocycles. The number of carbonyl (C=O) groups is 1. The van der Waals surface area contributed by atoms with Crippen LogP contribution in [0.25, 0.3) is 5.69 Å². The average Bonchev–Trinajstić information content (AvgIpc) is 2.81. The largest absolute Gasteiger partial charge is 0.296 e. The van der Waals surface area contributed by atoms with E-state index in [4.69, 9.17) is 0 Å². The Kier molecular flexibility index (Phi) is 4.57. The number of halogens is 1. The van der Waals surface area contributed by atoms with Crippen molar-refractivity contribution in [1.29, 1.82) is 0 Å². The Morgan fingerprint density at radius 1 is 1.04 bits per heavy atom. The molecule has 0 bridgehead atoms. The van der Waals surface area contributed by atoms with Crippen molar-refractivity contribution in [3.05, 3.63) is 74.2 Å². The minimum Gasteiger partial charge on any atom is -0.283 e. The van der Waals surface area contributed by atoms with Gasteiger partial charge in [-0.2, -0.15) is 0 Å². The fourth-order valence-electron chi connectivity index (χ4n) is 2.71. The lowest BCUT2D eigenvalue weighted by Crippen LogP contribution is -2.25. The summed E-state index contributed by atoms with van der Waals surface area (Å²) in [6.45, 7) is 1.84. The quantitative estimate of drug-likeness (QED) is 0.468. The predicted molar refractivity (Wildman–Crippen MR) is 103 cm³/mol. The first kappa shape index (κ1) is 16.5. The summed E-state index contributed by atoms with van der Waals surface area (Å²) in [4.78, 5) is 26.2. The van der Waals surface area contributed by atoms with Crippen molar-refractivity contribution in [2.45, 2.75) is 6.92 Å². The molecule has 0 saturated carbocycles.